The lowest BCUT2D eigenvalue weighted by Crippen LogP contribution is -2.41. The fourth-order valence-corrected chi connectivity index (χ4v) is 4.03. The van der Waals surface area contributed by atoms with Crippen LogP contribution >= 0.6 is 0 Å². The summed E-state index contributed by atoms with van der Waals surface area (Å²) in [4.78, 5) is 33.1. The Hall–Kier alpha value is -3.19. The van der Waals surface area contributed by atoms with E-state index >= 15 is 0 Å². The van der Waals surface area contributed by atoms with Crippen LogP contribution in [0.3, 0.4) is 0 Å². The zero-order valence-electron chi connectivity index (χ0n) is 20.2. The highest BCUT2D eigenvalue weighted by Gasteiger charge is 2.27. The molecular weight excluding hydrogens is 416 g/mol. The molecule has 0 aliphatic heterocycles. The highest BCUT2D eigenvalue weighted by molar-refractivity contribution is 5.89. The summed E-state index contributed by atoms with van der Waals surface area (Å²) in [6, 6.07) is 14.6. The highest BCUT2D eigenvalue weighted by Crippen LogP contribution is 2.25. The van der Waals surface area contributed by atoms with E-state index < -0.39 is 0 Å². The molecule has 0 aliphatic rings. The molecule has 0 radical (unpaired) electrons. The molecule has 1 atom stereocenters. The van der Waals surface area contributed by atoms with Gasteiger partial charge in [0.1, 0.15) is 5.82 Å². The molecular formula is C26H34N4O3. The zero-order valence-corrected chi connectivity index (χ0v) is 20.2. The maximum atomic E-state index is 13.3. The molecule has 0 spiro atoms. The Morgan fingerprint density at radius 3 is 2.42 bits per heavy atom. The van der Waals surface area contributed by atoms with Crippen molar-refractivity contribution in [1.82, 2.24) is 14.5 Å². The average Bonchev–Trinajstić information content (AvgIpc) is 2.82. The zero-order chi connectivity index (χ0) is 24.0. The van der Waals surface area contributed by atoms with Crippen LogP contribution in [0.25, 0.3) is 10.9 Å². The fourth-order valence-electron chi connectivity index (χ4n) is 4.03. The SMILES string of the molecule is CCC(c1nc2ccccc2c(=O)n1CCOC)N(CC)C(=O)Nc1ccc(C(C)C)cc1. The normalized spacial score (nSPS) is 12.2. The molecule has 1 unspecified atom stereocenters. The quantitative estimate of drug-likeness (QED) is 0.488. The number of anilines is 1. The lowest BCUT2D eigenvalue weighted by atomic mass is 10.0. The number of hydrogen-bond acceptors (Lipinski definition) is 4. The maximum absolute atomic E-state index is 13.3. The number of aromatic nitrogens is 2. The minimum Gasteiger partial charge on any atom is -0.383 e. The summed E-state index contributed by atoms with van der Waals surface area (Å²) in [7, 11) is 1.60. The molecule has 0 saturated heterocycles. The van der Waals surface area contributed by atoms with E-state index in [1.807, 2.05) is 56.3 Å². The summed E-state index contributed by atoms with van der Waals surface area (Å²) >= 11 is 0. The van der Waals surface area contributed by atoms with Crippen molar-refractivity contribution in [1.29, 1.82) is 0 Å². The summed E-state index contributed by atoms with van der Waals surface area (Å²) < 4.78 is 6.89. The predicted octanol–water partition coefficient (Wildman–Crippen LogP) is 5.17. The van der Waals surface area contributed by atoms with Crippen LogP contribution in [0.4, 0.5) is 10.5 Å². The number of carbonyl (C=O) groups is 1. The van der Waals surface area contributed by atoms with E-state index in [-0.39, 0.29) is 17.6 Å². The maximum Gasteiger partial charge on any atom is 0.322 e. The minimum absolute atomic E-state index is 0.119. The lowest BCUT2D eigenvalue weighted by molar-refractivity contribution is 0.172. The summed E-state index contributed by atoms with van der Waals surface area (Å²) in [5.41, 5.74) is 2.47. The van der Waals surface area contributed by atoms with Gasteiger partial charge in [-0.2, -0.15) is 0 Å². The van der Waals surface area contributed by atoms with Crippen LogP contribution in [-0.4, -0.2) is 40.7 Å². The Balaban J connectivity index is 1.98. The number of nitrogens with zero attached hydrogens (tertiary/aromatic N) is 3. The molecule has 0 saturated carbocycles. The van der Waals surface area contributed by atoms with Gasteiger partial charge in [-0.25, -0.2) is 9.78 Å². The van der Waals surface area contributed by atoms with Crippen molar-refractivity contribution in [3.8, 4) is 0 Å². The van der Waals surface area contributed by atoms with E-state index in [0.29, 0.717) is 48.8 Å². The van der Waals surface area contributed by atoms with Crippen LogP contribution in [0.1, 0.15) is 57.5 Å². The van der Waals surface area contributed by atoms with Crippen LogP contribution in [0.15, 0.2) is 53.3 Å². The van der Waals surface area contributed by atoms with E-state index in [2.05, 4.69) is 19.2 Å². The number of carbonyl (C=O) groups excluding carboxylic acids is 1. The molecule has 0 fully saturated rings. The van der Waals surface area contributed by atoms with Crippen molar-refractivity contribution in [2.75, 3.05) is 25.6 Å². The van der Waals surface area contributed by atoms with Crippen LogP contribution in [0, 0.1) is 0 Å². The number of nitrogens with one attached hydrogen (secondary N) is 1. The van der Waals surface area contributed by atoms with Gasteiger partial charge in [0.05, 0.1) is 30.1 Å². The van der Waals surface area contributed by atoms with Crippen LogP contribution < -0.4 is 10.9 Å². The summed E-state index contributed by atoms with van der Waals surface area (Å²) in [5.74, 6) is 1.000. The van der Waals surface area contributed by atoms with E-state index in [1.54, 1.807) is 22.6 Å². The number of fused-ring (bicyclic) bond motifs is 1. The first kappa shape index (κ1) is 24.5. The van der Waals surface area contributed by atoms with Gasteiger partial charge in [0.2, 0.25) is 0 Å². The van der Waals surface area contributed by atoms with Gasteiger partial charge in [0.25, 0.3) is 5.56 Å². The molecule has 3 rings (SSSR count). The van der Waals surface area contributed by atoms with Crippen molar-refractivity contribution in [3.63, 3.8) is 0 Å². The molecule has 3 aromatic rings. The number of urea groups is 1. The third-order valence-electron chi connectivity index (χ3n) is 5.90. The van der Waals surface area contributed by atoms with E-state index in [0.717, 1.165) is 5.69 Å². The van der Waals surface area contributed by atoms with Gasteiger partial charge in [-0.15, -0.1) is 0 Å². The first-order valence-corrected chi connectivity index (χ1v) is 11.6. The van der Waals surface area contributed by atoms with E-state index in [4.69, 9.17) is 9.72 Å². The van der Waals surface area contributed by atoms with Crippen molar-refractivity contribution in [2.45, 2.75) is 52.6 Å². The summed E-state index contributed by atoms with van der Waals surface area (Å²) in [6.45, 7) is 9.43. The van der Waals surface area contributed by atoms with Gasteiger partial charge in [0.15, 0.2) is 0 Å². The summed E-state index contributed by atoms with van der Waals surface area (Å²) in [6.07, 6.45) is 0.616. The largest absolute Gasteiger partial charge is 0.383 e. The van der Waals surface area contributed by atoms with E-state index in [9.17, 15) is 9.59 Å². The molecule has 1 aromatic heterocycles. The molecule has 7 nitrogen and oxygen atoms in total. The first-order valence-electron chi connectivity index (χ1n) is 11.6. The smallest absolute Gasteiger partial charge is 0.322 e. The number of methoxy groups -OCH3 is 1. The third kappa shape index (κ3) is 5.42. The second-order valence-corrected chi connectivity index (χ2v) is 8.35. The number of hydrogen-bond donors (Lipinski definition) is 1. The topological polar surface area (TPSA) is 76.5 Å². The number of para-hydroxylation sites is 1. The Bertz CT molecular complexity index is 1140. The van der Waals surface area contributed by atoms with Gasteiger partial charge in [-0.05, 0) is 49.1 Å². The number of amides is 2. The van der Waals surface area contributed by atoms with Crippen molar-refractivity contribution >= 4 is 22.6 Å². The monoisotopic (exact) mass is 450 g/mol. The Kier molecular flexibility index (Phi) is 8.22. The van der Waals surface area contributed by atoms with Gasteiger partial charge in [-0.3, -0.25) is 9.36 Å². The van der Waals surface area contributed by atoms with Crippen LogP contribution in [0.5, 0.6) is 0 Å². The van der Waals surface area contributed by atoms with Crippen molar-refractivity contribution in [2.24, 2.45) is 0 Å². The molecule has 1 N–H and O–H groups in total. The van der Waals surface area contributed by atoms with Gasteiger partial charge >= 0.3 is 6.03 Å². The number of ether oxygens (including phenoxy) is 1. The molecule has 2 amide bonds. The molecule has 2 aromatic carbocycles. The molecule has 1 heterocycles. The van der Waals surface area contributed by atoms with Crippen molar-refractivity contribution in [3.05, 3.63) is 70.3 Å². The number of benzene rings is 2. The van der Waals surface area contributed by atoms with Gasteiger partial charge in [-0.1, -0.05) is 45.0 Å². The van der Waals surface area contributed by atoms with Crippen LogP contribution in [-0.2, 0) is 11.3 Å². The second-order valence-electron chi connectivity index (χ2n) is 8.35. The predicted molar refractivity (Wildman–Crippen MR) is 133 cm³/mol. The molecule has 7 heteroatoms. The fraction of sp³-hybridized carbons (Fsp3) is 0.423. The lowest BCUT2D eigenvalue weighted by Gasteiger charge is -2.31. The summed E-state index contributed by atoms with van der Waals surface area (Å²) in [5, 5.41) is 3.57. The van der Waals surface area contributed by atoms with Crippen molar-refractivity contribution < 1.29 is 9.53 Å². The Labute approximate surface area is 195 Å². The molecule has 0 aliphatic carbocycles. The highest BCUT2D eigenvalue weighted by atomic mass is 16.5. The van der Waals surface area contributed by atoms with Crippen LogP contribution in [0.2, 0.25) is 0 Å². The average molecular weight is 451 g/mol. The first-order chi connectivity index (χ1) is 15.9. The van der Waals surface area contributed by atoms with Gasteiger partial charge in [0, 0.05) is 19.3 Å². The molecule has 0 bridgehead atoms. The number of rotatable bonds is 9. The molecule has 33 heavy (non-hydrogen) atoms. The third-order valence-corrected chi connectivity index (χ3v) is 5.90. The van der Waals surface area contributed by atoms with Gasteiger partial charge < -0.3 is 15.0 Å². The van der Waals surface area contributed by atoms with E-state index in [1.165, 1.54) is 5.56 Å². The minimum atomic E-state index is -0.362. The molecule has 176 valence electrons. The Morgan fingerprint density at radius 2 is 1.82 bits per heavy atom. The Morgan fingerprint density at radius 1 is 1.12 bits per heavy atom. The standard InChI is InChI=1S/C26H34N4O3/c1-6-23(29(7-2)26(32)27-20-14-12-19(13-15-20)18(3)4)24-28-22-11-9-8-10-21(22)25(31)30(24)16-17-33-5/h8-15,18,23H,6-7,16-17H2,1-5H3,(H,27,32). The second kappa shape index (κ2) is 11.1.